The Morgan fingerprint density at radius 3 is 2.51 bits per heavy atom. The van der Waals surface area contributed by atoms with E-state index < -0.39 is 5.92 Å². The summed E-state index contributed by atoms with van der Waals surface area (Å²) in [6.45, 7) is 0. The van der Waals surface area contributed by atoms with Crippen molar-refractivity contribution >= 4 is 16.9 Å². The number of aromatic nitrogens is 2. The fraction of sp³-hybridized carbons (Fsp3) is 0.133. The SMILES string of the molecule is COc1ccc(-c2coc3c4c(ccc3c2=O)OC(=O)C[C@@H]4c2cccc(Oc3ncccn3)c2)cc1OC. The smallest absolute Gasteiger partial charge is 0.321 e. The van der Waals surface area contributed by atoms with Crippen molar-refractivity contribution in [3.8, 4) is 40.1 Å². The third kappa shape index (κ3) is 4.44. The van der Waals surface area contributed by atoms with Crippen molar-refractivity contribution in [2.24, 2.45) is 0 Å². The Balaban J connectivity index is 1.45. The number of carbonyl (C=O) groups excluding carboxylic acids is 1. The molecule has 5 aromatic rings. The summed E-state index contributed by atoms with van der Waals surface area (Å²) in [6.07, 6.45) is 4.67. The Bertz CT molecular complexity index is 1770. The van der Waals surface area contributed by atoms with Gasteiger partial charge >= 0.3 is 12.0 Å². The topological polar surface area (TPSA) is 110 Å². The molecule has 0 fully saturated rings. The zero-order valence-electron chi connectivity index (χ0n) is 21.0. The molecule has 0 saturated heterocycles. The van der Waals surface area contributed by atoms with E-state index in [9.17, 15) is 9.59 Å². The molecule has 0 aliphatic carbocycles. The lowest BCUT2D eigenvalue weighted by Crippen LogP contribution is -2.22. The molecule has 3 heterocycles. The molecule has 0 amide bonds. The number of methoxy groups -OCH3 is 2. The van der Waals surface area contributed by atoms with Crippen LogP contribution < -0.4 is 24.4 Å². The summed E-state index contributed by atoms with van der Waals surface area (Å²) in [6, 6.07) is 17.7. The van der Waals surface area contributed by atoms with Gasteiger partial charge in [0.15, 0.2) is 11.5 Å². The van der Waals surface area contributed by atoms with Gasteiger partial charge in [-0.1, -0.05) is 18.2 Å². The van der Waals surface area contributed by atoms with Gasteiger partial charge in [-0.3, -0.25) is 9.59 Å². The van der Waals surface area contributed by atoms with Gasteiger partial charge in [-0.25, -0.2) is 9.97 Å². The lowest BCUT2D eigenvalue weighted by atomic mass is 9.85. The second-order valence-electron chi connectivity index (χ2n) is 8.84. The Kier molecular flexibility index (Phi) is 6.16. The van der Waals surface area contributed by atoms with E-state index in [4.69, 9.17) is 23.4 Å². The van der Waals surface area contributed by atoms with Gasteiger partial charge in [-0.05, 0) is 53.6 Å². The van der Waals surface area contributed by atoms with Crippen LogP contribution in [0, 0.1) is 0 Å². The van der Waals surface area contributed by atoms with Crippen molar-refractivity contribution in [2.75, 3.05) is 14.2 Å². The van der Waals surface area contributed by atoms with Crippen molar-refractivity contribution in [2.45, 2.75) is 12.3 Å². The van der Waals surface area contributed by atoms with Crippen LogP contribution in [0.25, 0.3) is 22.1 Å². The normalized spacial score (nSPS) is 14.4. The van der Waals surface area contributed by atoms with Crippen LogP contribution in [-0.2, 0) is 4.79 Å². The number of nitrogens with zero attached hydrogens (tertiary/aromatic N) is 2. The van der Waals surface area contributed by atoms with Crippen LogP contribution in [-0.4, -0.2) is 30.2 Å². The maximum absolute atomic E-state index is 13.7. The summed E-state index contributed by atoms with van der Waals surface area (Å²) >= 11 is 0. The monoisotopic (exact) mass is 522 g/mol. The molecule has 1 aliphatic heterocycles. The lowest BCUT2D eigenvalue weighted by molar-refractivity contribution is -0.135. The van der Waals surface area contributed by atoms with Gasteiger partial charge in [0.25, 0.3) is 0 Å². The molecule has 2 aromatic heterocycles. The van der Waals surface area contributed by atoms with Crippen molar-refractivity contribution < 1.29 is 28.2 Å². The standard InChI is InChI=1S/C30H22N2O7/c1-35-23-9-7-18(14-25(23)36-2)22-16-37-29-20(28(22)34)8-10-24-27(29)21(15-26(33)39-24)17-5-3-6-19(13-17)38-30-31-11-4-12-32-30/h3-14,16,21H,15H2,1-2H3/t21-/m1/s1. The second kappa shape index (κ2) is 9.94. The van der Waals surface area contributed by atoms with Gasteiger partial charge in [0.05, 0.1) is 31.6 Å². The average molecular weight is 523 g/mol. The van der Waals surface area contributed by atoms with Crippen LogP contribution in [0.4, 0.5) is 0 Å². The molecular formula is C30H22N2O7. The minimum Gasteiger partial charge on any atom is -0.493 e. The zero-order valence-corrected chi connectivity index (χ0v) is 21.0. The second-order valence-corrected chi connectivity index (χ2v) is 8.84. The van der Waals surface area contributed by atoms with Crippen LogP contribution in [0.3, 0.4) is 0 Å². The molecule has 39 heavy (non-hydrogen) atoms. The van der Waals surface area contributed by atoms with E-state index in [0.717, 1.165) is 5.56 Å². The predicted molar refractivity (Wildman–Crippen MR) is 142 cm³/mol. The minimum atomic E-state index is -0.430. The molecule has 6 rings (SSSR count). The number of hydrogen-bond donors (Lipinski definition) is 0. The average Bonchev–Trinajstić information content (AvgIpc) is 2.97. The molecule has 0 radical (unpaired) electrons. The lowest BCUT2D eigenvalue weighted by Gasteiger charge is -2.25. The number of esters is 1. The van der Waals surface area contributed by atoms with Gasteiger partial charge in [0.1, 0.15) is 23.3 Å². The first kappa shape index (κ1) is 24.2. The fourth-order valence-corrected chi connectivity index (χ4v) is 4.78. The minimum absolute atomic E-state index is 0.0680. The Hall–Kier alpha value is -5.18. The van der Waals surface area contributed by atoms with Crippen molar-refractivity contribution in [1.82, 2.24) is 9.97 Å². The molecule has 9 nitrogen and oxygen atoms in total. The van der Waals surface area contributed by atoms with Gasteiger partial charge in [0, 0.05) is 23.9 Å². The van der Waals surface area contributed by atoms with Crippen LogP contribution >= 0.6 is 0 Å². The van der Waals surface area contributed by atoms with E-state index in [1.54, 1.807) is 62.0 Å². The molecule has 1 aliphatic rings. The molecule has 0 N–H and O–H groups in total. The molecule has 9 heteroatoms. The highest BCUT2D eigenvalue weighted by molar-refractivity contribution is 5.90. The number of benzene rings is 3. The number of fused-ring (bicyclic) bond motifs is 3. The highest BCUT2D eigenvalue weighted by Gasteiger charge is 2.32. The summed E-state index contributed by atoms with van der Waals surface area (Å²) in [4.78, 5) is 34.4. The van der Waals surface area contributed by atoms with E-state index >= 15 is 0 Å². The van der Waals surface area contributed by atoms with Crippen LogP contribution in [0.1, 0.15) is 23.5 Å². The quantitative estimate of drug-likeness (QED) is 0.211. The number of rotatable bonds is 6. The van der Waals surface area contributed by atoms with Gasteiger partial charge in [0.2, 0.25) is 5.43 Å². The molecule has 1 atom stereocenters. The van der Waals surface area contributed by atoms with E-state index in [1.165, 1.54) is 13.4 Å². The van der Waals surface area contributed by atoms with Crippen LogP contribution in [0.5, 0.6) is 29.0 Å². The maximum atomic E-state index is 13.7. The summed E-state index contributed by atoms with van der Waals surface area (Å²) < 4.78 is 28.2. The first-order chi connectivity index (χ1) is 19.1. The Labute approximate surface area is 222 Å². The predicted octanol–water partition coefficient (Wildman–Crippen LogP) is 5.50. The van der Waals surface area contributed by atoms with Crippen LogP contribution in [0.2, 0.25) is 0 Å². The molecule has 0 spiro atoms. The highest BCUT2D eigenvalue weighted by Crippen LogP contribution is 2.43. The molecular weight excluding hydrogens is 500 g/mol. The van der Waals surface area contributed by atoms with Crippen molar-refractivity contribution in [3.05, 3.63) is 101 Å². The number of hydrogen-bond acceptors (Lipinski definition) is 9. The summed E-state index contributed by atoms with van der Waals surface area (Å²) in [5, 5.41) is 0.370. The fourth-order valence-electron chi connectivity index (χ4n) is 4.78. The molecule has 0 saturated carbocycles. The molecule has 0 bridgehead atoms. The maximum Gasteiger partial charge on any atom is 0.321 e. The molecule has 194 valence electrons. The van der Waals surface area contributed by atoms with E-state index in [1.807, 2.05) is 18.2 Å². The first-order valence-electron chi connectivity index (χ1n) is 12.1. The van der Waals surface area contributed by atoms with E-state index in [-0.39, 0.29) is 23.8 Å². The largest absolute Gasteiger partial charge is 0.493 e. The van der Waals surface area contributed by atoms with Crippen molar-refractivity contribution in [1.29, 1.82) is 0 Å². The Morgan fingerprint density at radius 2 is 1.72 bits per heavy atom. The summed E-state index contributed by atoms with van der Waals surface area (Å²) in [7, 11) is 3.08. The molecule has 0 unspecified atom stereocenters. The Morgan fingerprint density at radius 1 is 0.897 bits per heavy atom. The number of ether oxygens (including phenoxy) is 4. The van der Waals surface area contributed by atoms with E-state index in [0.29, 0.717) is 50.7 Å². The summed E-state index contributed by atoms with van der Waals surface area (Å²) in [5.41, 5.74) is 2.54. The van der Waals surface area contributed by atoms with Crippen LogP contribution in [0.15, 0.2) is 88.5 Å². The summed E-state index contributed by atoms with van der Waals surface area (Å²) in [5.74, 6) is 1.10. The molecule has 3 aromatic carbocycles. The van der Waals surface area contributed by atoms with E-state index in [2.05, 4.69) is 9.97 Å². The highest BCUT2D eigenvalue weighted by atomic mass is 16.5. The van der Waals surface area contributed by atoms with Crippen molar-refractivity contribution in [3.63, 3.8) is 0 Å². The third-order valence-electron chi connectivity index (χ3n) is 6.59. The number of carbonyl (C=O) groups is 1. The first-order valence-corrected chi connectivity index (χ1v) is 12.1. The van der Waals surface area contributed by atoms with Gasteiger partial charge in [-0.15, -0.1) is 0 Å². The third-order valence-corrected chi connectivity index (χ3v) is 6.59. The van der Waals surface area contributed by atoms with Gasteiger partial charge < -0.3 is 23.4 Å². The zero-order chi connectivity index (χ0) is 26.9. The van der Waals surface area contributed by atoms with Gasteiger partial charge in [-0.2, -0.15) is 0 Å².